The van der Waals surface area contributed by atoms with Crippen LogP contribution in [0.3, 0.4) is 0 Å². The Kier molecular flexibility index (Phi) is 10.2. The molecule has 0 saturated heterocycles. The molecule has 0 aliphatic carbocycles. The second-order valence-corrected chi connectivity index (χ2v) is 12.8. The fraction of sp³-hybridized carbons (Fsp3) is 0.474. The first kappa shape index (κ1) is 33.9. The highest BCUT2D eigenvalue weighted by atomic mass is 16.5. The highest BCUT2D eigenvalue weighted by Gasteiger charge is 2.40. The van der Waals surface area contributed by atoms with Gasteiger partial charge in [0.25, 0.3) is 0 Å². The zero-order chi connectivity index (χ0) is 33.9. The number of carboxylic acids is 1. The zero-order valence-corrected chi connectivity index (χ0v) is 28.9. The minimum absolute atomic E-state index is 0.105. The molecule has 0 spiro atoms. The quantitative estimate of drug-likeness (QED) is 0.205. The highest BCUT2D eigenvalue weighted by Crippen LogP contribution is 2.43. The second-order valence-electron chi connectivity index (χ2n) is 12.8. The van der Waals surface area contributed by atoms with E-state index < -0.39 is 5.97 Å². The van der Waals surface area contributed by atoms with E-state index in [1.165, 1.54) is 23.8 Å². The van der Waals surface area contributed by atoms with E-state index in [1.54, 1.807) is 0 Å². The SMILES string of the molecule is CCC1=C2/C=C3N=C(/C=c4\[nH]/c(cc4CCCC(=O)O)=C\c4[nH]c(c(CC)c4CC)/N=C(\N2)C1(C)CC)C(CCCC(=O)OC)=C\3C. The van der Waals surface area contributed by atoms with Crippen molar-refractivity contribution in [3.05, 3.63) is 73.3 Å². The van der Waals surface area contributed by atoms with Gasteiger partial charge in [-0.15, -0.1) is 0 Å². The molecule has 1 unspecified atom stereocenters. The van der Waals surface area contributed by atoms with Crippen molar-refractivity contribution in [3.63, 3.8) is 0 Å². The van der Waals surface area contributed by atoms with Crippen molar-refractivity contribution in [1.29, 1.82) is 0 Å². The molecular weight excluding hydrogens is 590 g/mol. The van der Waals surface area contributed by atoms with Gasteiger partial charge >= 0.3 is 11.9 Å². The van der Waals surface area contributed by atoms with Crippen LogP contribution < -0.4 is 16.0 Å². The zero-order valence-electron chi connectivity index (χ0n) is 28.9. The number of methoxy groups -OCH3 is 1. The number of ether oxygens (including phenoxy) is 1. The second kappa shape index (κ2) is 14.2. The lowest BCUT2D eigenvalue weighted by Gasteiger charge is -2.25. The van der Waals surface area contributed by atoms with Gasteiger partial charge in [0.2, 0.25) is 0 Å². The van der Waals surface area contributed by atoms with Gasteiger partial charge in [-0.1, -0.05) is 27.7 Å². The van der Waals surface area contributed by atoms with Crippen LogP contribution in [0.15, 0.2) is 50.2 Å². The van der Waals surface area contributed by atoms with Gasteiger partial charge in [0.05, 0.1) is 18.5 Å². The van der Waals surface area contributed by atoms with E-state index >= 15 is 0 Å². The van der Waals surface area contributed by atoms with Crippen molar-refractivity contribution in [3.8, 4) is 0 Å². The van der Waals surface area contributed by atoms with E-state index in [1.807, 2.05) is 0 Å². The van der Waals surface area contributed by atoms with Crippen molar-refractivity contribution >= 4 is 41.5 Å². The minimum Gasteiger partial charge on any atom is -0.481 e. The third-order valence-electron chi connectivity index (χ3n) is 10.1. The molecule has 0 radical (unpaired) electrons. The highest BCUT2D eigenvalue weighted by molar-refractivity contribution is 6.23. The molecule has 5 rings (SSSR count). The third kappa shape index (κ3) is 6.71. The number of carbonyl (C=O) groups is 2. The molecule has 47 heavy (non-hydrogen) atoms. The number of esters is 1. The van der Waals surface area contributed by atoms with E-state index in [4.69, 9.17) is 14.7 Å². The molecular formula is C38H49N5O4. The number of aliphatic imine (C=N–C) groups is 2. The Hall–Kier alpha value is -4.40. The lowest BCUT2D eigenvalue weighted by atomic mass is 9.78. The Bertz CT molecular complexity index is 1860. The molecule has 0 fully saturated rings. The van der Waals surface area contributed by atoms with Crippen LogP contribution in [0.5, 0.6) is 0 Å². The summed E-state index contributed by atoms with van der Waals surface area (Å²) in [5.41, 5.74) is 10.6. The Morgan fingerprint density at radius 3 is 2.34 bits per heavy atom. The van der Waals surface area contributed by atoms with Crippen LogP contribution in [-0.2, 0) is 33.6 Å². The van der Waals surface area contributed by atoms with Gasteiger partial charge in [-0.3, -0.25) is 9.59 Å². The van der Waals surface area contributed by atoms with Crippen LogP contribution in [0.2, 0.25) is 0 Å². The summed E-state index contributed by atoms with van der Waals surface area (Å²) >= 11 is 0. The smallest absolute Gasteiger partial charge is 0.305 e. The number of amidine groups is 1. The predicted molar refractivity (Wildman–Crippen MR) is 188 cm³/mol. The maximum absolute atomic E-state index is 12.0. The first-order chi connectivity index (χ1) is 22.6. The summed E-state index contributed by atoms with van der Waals surface area (Å²) in [4.78, 5) is 41.2. The molecule has 9 heteroatoms. The normalized spacial score (nSPS) is 22.4. The van der Waals surface area contributed by atoms with E-state index in [-0.39, 0.29) is 17.8 Å². The summed E-state index contributed by atoms with van der Waals surface area (Å²) in [6.07, 6.45) is 12.8. The maximum Gasteiger partial charge on any atom is 0.305 e. The summed E-state index contributed by atoms with van der Waals surface area (Å²) < 4.78 is 4.91. The van der Waals surface area contributed by atoms with Crippen molar-refractivity contribution in [2.24, 2.45) is 15.4 Å². The summed E-state index contributed by atoms with van der Waals surface area (Å²) in [7, 11) is 1.42. The standard InChI is InChI=1S/C38H49N5O4/c1-8-25-26(9-2)36-41-31(25)19-24-18-23(14-12-16-34(44)45)30(39-24)21-32-27(15-13-17-35(46)47-7)22(5)29(40-32)20-33-28(10-3)38(6,11-4)37(42-33)43-36/h18-21,39,41H,8-17H2,1-7H3,(H,42,43)(H,44,45)/b24-19-,29-20-,30-21-. The summed E-state index contributed by atoms with van der Waals surface area (Å²) in [6.45, 7) is 13.2. The molecule has 8 bridgehead atoms. The number of aryl methyl sites for hydroxylation is 1. The molecule has 3 aliphatic rings. The molecule has 9 nitrogen and oxygen atoms in total. The molecule has 0 saturated carbocycles. The van der Waals surface area contributed by atoms with Gasteiger partial charge in [-0.05, 0) is 123 Å². The van der Waals surface area contributed by atoms with Crippen LogP contribution in [-0.4, -0.2) is 45.7 Å². The average Bonchev–Trinajstić information content (AvgIpc) is 3.74. The number of hydrogen-bond donors (Lipinski definition) is 4. The van der Waals surface area contributed by atoms with E-state index in [2.05, 4.69) is 81.1 Å². The first-order valence-electron chi connectivity index (χ1n) is 17.1. The number of aromatic amines is 2. The fourth-order valence-electron chi connectivity index (χ4n) is 7.24. The van der Waals surface area contributed by atoms with E-state index in [9.17, 15) is 14.7 Å². The van der Waals surface area contributed by atoms with Crippen LogP contribution in [0.1, 0.15) is 109 Å². The van der Waals surface area contributed by atoms with Crippen LogP contribution >= 0.6 is 0 Å². The number of carbonyl (C=O) groups excluding carboxylic acids is 1. The largest absolute Gasteiger partial charge is 0.481 e. The van der Waals surface area contributed by atoms with Crippen molar-refractivity contribution in [2.75, 3.05) is 7.11 Å². The number of aromatic nitrogens is 2. The fourth-order valence-corrected chi connectivity index (χ4v) is 7.24. The van der Waals surface area contributed by atoms with Gasteiger partial charge < -0.3 is 25.1 Å². The van der Waals surface area contributed by atoms with Gasteiger partial charge in [0.1, 0.15) is 11.7 Å². The molecule has 3 aliphatic heterocycles. The number of carboxylic acid groups (broad SMARTS) is 1. The number of nitrogens with zero attached hydrogens (tertiary/aromatic N) is 2. The Morgan fingerprint density at radius 1 is 0.936 bits per heavy atom. The van der Waals surface area contributed by atoms with Gasteiger partial charge in [-0.25, -0.2) is 9.98 Å². The molecule has 2 aromatic heterocycles. The lowest BCUT2D eigenvalue weighted by Crippen LogP contribution is -2.31. The molecule has 0 aromatic carbocycles. The predicted octanol–water partition coefficient (Wildman–Crippen LogP) is 6.21. The van der Waals surface area contributed by atoms with Crippen molar-refractivity contribution in [2.45, 2.75) is 106 Å². The van der Waals surface area contributed by atoms with E-state index in [0.29, 0.717) is 32.1 Å². The number of allylic oxidation sites excluding steroid dienone is 3. The number of H-pyrrole nitrogens is 2. The summed E-state index contributed by atoms with van der Waals surface area (Å²) in [6, 6.07) is 2.12. The molecule has 1 atom stereocenters. The Labute approximate surface area is 277 Å². The first-order valence-corrected chi connectivity index (χ1v) is 17.1. The molecule has 0 amide bonds. The lowest BCUT2D eigenvalue weighted by molar-refractivity contribution is -0.140. The molecule has 2 aromatic rings. The summed E-state index contributed by atoms with van der Waals surface area (Å²) in [5, 5.41) is 14.9. The van der Waals surface area contributed by atoms with Crippen LogP contribution in [0, 0.1) is 5.41 Å². The number of hydrogen-bond acceptors (Lipinski definition) is 6. The van der Waals surface area contributed by atoms with Crippen LogP contribution in [0.25, 0.3) is 12.2 Å². The Morgan fingerprint density at radius 2 is 1.68 bits per heavy atom. The monoisotopic (exact) mass is 639 g/mol. The topological polar surface area (TPSA) is 132 Å². The van der Waals surface area contributed by atoms with Crippen LogP contribution in [0.4, 0.5) is 5.82 Å². The Balaban J connectivity index is 1.78. The molecule has 5 heterocycles. The van der Waals surface area contributed by atoms with Crippen molar-refractivity contribution < 1.29 is 19.4 Å². The van der Waals surface area contributed by atoms with Gasteiger partial charge in [-0.2, -0.15) is 0 Å². The minimum atomic E-state index is -0.798. The number of fused-ring (bicyclic) bond motifs is 7. The number of rotatable bonds is 12. The van der Waals surface area contributed by atoms with Crippen molar-refractivity contribution in [1.82, 2.24) is 15.3 Å². The number of aliphatic carboxylic acids is 1. The number of nitrogens with one attached hydrogen (secondary N) is 3. The van der Waals surface area contributed by atoms with E-state index in [0.717, 1.165) is 87.5 Å². The maximum atomic E-state index is 12.0. The third-order valence-corrected chi connectivity index (χ3v) is 10.1. The summed E-state index contributed by atoms with van der Waals surface area (Å²) in [5.74, 6) is 0.809. The van der Waals surface area contributed by atoms with Gasteiger partial charge in [0.15, 0.2) is 0 Å². The molecule has 250 valence electrons. The average molecular weight is 640 g/mol. The van der Waals surface area contributed by atoms with Gasteiger partial charge in [0, 0.05) is 40.3 Å². The molecule has 4 N–H and O–H groups in total.